The maximum Gasteiger partial charge on any atom is 0.209 e. The van der Waals surface area contributed by atoms with Crippen molar-refractivity contribution >= 4 is 10.0 Å². The Kier molecular flexibility index (Phi) is 6.49. The van der Waals surface area contributed by atoms with Gasteiger partial charge in [-0.1, -0.05) is 32.9 Å². The summed E-state index contributed by atoms with van der Waals surface area (Å²) in [5.41, 5.74) is 1.25. The third-order valence-corrected chi connectivity index (χ3v) is 4.10. The van der Waals surface area contributed by atoms with Crippen LogP contribution in [0.15, 0.2) is 24.3 Å². The van der Waals surface area contributed by atoms with Crippen molar-refractivity contribution in [3.05, 3.63) is 29.8 Å². The number of benzene rings is 1. The number of nitrogens with two attached hydrogens (primary N) is 1. The molecule has 1 aromatic carbocycles. The minimum absolute atomic E-state index is 0.0387. The summed E-state index contributed by atoms with van der Waals surface area (Å²) in [7, 11) is -3.35. The fourth-order valence-corrected chi connectivity index (χ4v) is 2.58. The molecule has 1 unspecified atom stereocenters. The lowest BCUT2D eigenvalue weighted by molar-refractivity contribution is 0.281. The van der Waals surface area contributed by atoms with E-state index in [1.165, 1.54) is 5.56 Å². The molecule has 0 saturated heterocycles. The van der Waals surface area contributed by atoms with Crippen LogP contribution in [0.2, 0.25) is 0 Å². The minimum atomic E-state index is -3.35. The first-order chi connectivity index (χ1) is 9.28. The fourth-order valence-electron chi connectivity index (χ4n) is 1.85. The third kappa shape index (κ3) is 6.91. The Morgan fingerprint density at radius 3 is 2.50 bits per heavy atom. The van der Waals surface area contributed by atoms with E-state index in [-0.39, 0.29) is 11.7 Å². The van der Waals surface area contributed by atoms with Crippen molar-refractivity contribution in [2.24, 2.45) is 11.1 Å². The maximum atomic E-state index is 10.9. The molecule has 0 saturated carbocycles. The lowest BCUT2D eigenvalue weighted by Crippen LogP contribution is -2.18. The van der Waals surface area contributed by atoms with E-state index in [2.05, 4.69) is 26.0 Å². The van der Waals surface area contributed by atoms with E-state index >= 15 is 0 Å². The first-order valence-electron chi connectivity index (χ1n) is 7.01. The molecule has 20 heavy (non-hydrogen) atoms. The Morgan fingerprint density at radius 1 is 1.20 bits per heavy atom. The predicted molar refractivity (Wildman–Crippen MR) is 82.4 cm³/mol. The molecule has 0 amide bonds. The van der Waals surface area contributed by atoms with E-state index in [9.17, 15) is 8.42 Å². The standard InChI is InChI=1S/C15H25NO3S/c1-12(2)14-5-4-6-15(11-14)19-9-7-13(3)8-10-20(16,17)18/h4-6,11-13H,7-10H2,1-3H3,(H2,16,17,18). The lowest BCUT2D eigenvalue weighted by Gasteiger charge is -2.13. The van der Waals surface area contributed by atoms with Crippen molar-refractivity contribution < 1.29 is 13.2 Å². The predicted octanol–water partition coefficient (Wildman–Crippen LogP) is 2.89. The molecular formula is C15H25NO3S. The summed E-state index contributed by atoms with van der Waals surface area (Å²) in [6.45, 7) is 6.90. The van der Waals surface area contributed by atoms with Crippen LogP contribution in [0.4, 0.5) is 0 Å². The average molecular weight is 299 g/mol. The van der Waals surface area contributed by atoms with Crippen LogP contribution < -0.4 is 9.88 Å². The summed E-state index contributed by atoms with van der Waals surface area (Å²) in [5, 5.41) is 4.99. The molecule has 1 atom stereocenters. The van der Waals surface area contributed by atoms with Crippen LogP contribution in [0.1, 0.15) is 45.1 Å². The van der Waals surface area contributed by atoms with Crippen molar-refractivity contribution in [3.8, 4) is 5.75 Å². The highest BCUT2D eigenvalue weighted by Crippen LogP contribution is 2.20. The molecule has 2 N–H and O–H groups in total. The number of sulfonamides is 1. The number of rotatable bonds is 8. The van der Waals surface area contributed by atoms with Crippen LogP contribution in [-0.4, -0.2) is 20.8 Å². The average Bonchev–Trinajstić information content (AvgIpc) is 2.36. The zero-order valence-electron chi connectivity index (χ0n) is 12.5. The first kappa shape index (κ1) is 17.0. The van der Waals surface area contributed by atoms with Gasteiger partial charge in [-0.05, 0) is 42.4 Å². The van der Waals surface area contributed by atoms with Gasteiger partial charge in [-0.25, -0.2) is 13.6 Å². The van der Waals surface area contributed by atoms with E-state index in [0.717, 1.165) is 12.2 Å². The van der Waals surface area contributed by atoms with Crippen LogP contribution in [-0.2, 0) is 10.0 Å². The molecule has 0 fully saturated rings. The number of ether oxygens (including phenoxy) is 1. The van der Waals surface area contributed by atoms with Gasteiger partial charge in [-0.2, -0.15) is 0 Å². The monoisotopic (exact) mass is 299 g/mol. The van der Waals surface area contributed by atoms with Crippen LogP contribution in [0, 0.1) is 5.92 Å². The van der Waals surface area contributed by atoms with E-state index in [4.69, 9.17) is 9.88 Å². The third-order valence-electron chi connectivity index (χ3n) is 3.30. The molecule has 0 radical (unpaired) electrons. The van der Waals surface area contributed by atoms with Gasteiger partial charge in [0, 0.05) is 0 Å². The van der Waals surface area contributed by atoms with E-state index in [1.54, 1.807) is 0 Å². The van der Waals surface area contributed by atoms with Crippen LogP contribution in [0.25, 0.3) is 0 Å². The van der Waals surface area contributed by atoms with Gasteiger partial charge in [0.2, 0.25) is 10.0 Å². The second-order valence-electron chi connectivity index (χ2n) is 5.63. The molecule has 0 aliphatic heterocycles. The number of primary sulfonamides is 1. The molecule has 114 valence electrons. The van der Waals surface area contributed by atoms with E-state index < -0.39 is 10.0 Å². The smallest absolute Gasteiger partial charge is 0.209 e. The maximum absolute atomic E-state index is 10.9. The van der Waals surface area contributed by atoms with Crippen LogP contribution in [0.5, 0.6) is 5.75 Å². The molecule has 0 aliphatic rings. The van der Waals surface area contributed by atoms with Crippen molar-refractivity contribution in [1.82, 2.24) is 0 Å². The summed E-state index contributed by atoms with van der Waals surface area (Å²) < 4.78 is 27.5. The zero-order chi connectivity index (χ0) is 15.2. The molecule has 0 heterocycles. The minimum Gasteiger partial charge on any atom is -0.494 e. The Morgan fingerprint density at radius 2 is 1.90 bits per heavy atom. The van der Waals surface area contributed by atoms with Crippen LogP contribution in [0.3, 0.4) is 0 Å². The summed E-state index contributed by atoms with van der Waals surface area (Å²) in [5.74, 6) is 1.67. The van der Waals surface area contributed by atoms with Crippen molar-refractivity contribution in [3.63, 3.8) is 0 Å². The zero-order valence-corrected chi connectivity index (χ0v) is 13.3. The van der Waals surface area contributed by atoms with Gasteiger partial charge in [0.05, 0.1) is 12.4 Å². The summed E-state index contributed by atoms with van der Waals surface area (Å²) in [6, 6.07) is 8.09. The largest absolute Gasteiger partial charge is 0.494 e. The Bertz CT molecular complexity index is 512. The molecule has 0 spiro atoms. The number of hydrogen-bond acceptors (Lipinski definition) is 3. The topological polar surface area (TPSA) is 69.4 Å². The van der Waals surface area contributed by atoms with Gasteiger partial charge in [0.15, 0.2) is 0 Å². The molecule has 0 aliphatic carbocycles. The second kappa shape index (κ2) is 7.64. The Labute approximate surface area is 122 Å². The molecule has 0 bridgehead atoms. The highest BCUT2D eigenvalue weighted by molar-refractivity contribution is 7.89. The lowest BCUT2D eigenvalue weighted by atomic mass is 10.0. The highest BCUT2D eigenvalue weighted by atomic mass is 32.2. The number of hydrogen-bond donors (Lipinski definition) is 1. The quantitative estimate of drug-likeness (QED) is 0.802. The van der Waals surface area contributed by atoms with Gasteiger partial charge in [-0.3, -0.25) is 0 Å². The van der Waals surface area contributed by atoms with E-state index in [0.29, 0.717) is 18.9 Å². The van der Waals surface area contributed by atoms with Crippen LogP contribution >= 0.6 is 0 Å². The van der Waals surface area contributed by atoms with Crippen molar-refractivity contribution in [1.29, 1.82) is 0 Å². The van der Waals surface area contributed by atoms with Gasteiger partial charge < -0.3 is 4.74 Å². The van der Waals surface area contributed by atoms with Crippen molar-refractivity contribution in [2.45, 2.75) is 39.5 Å². The van der Waals surface area contributed by atoms with E-state index in [1.807, 2.05) is 19.1 Å². The van der Waals surface area contributed by atoms with Gasteiger partial charge >= 0.3 is 0 Å². The van der Waals surface area contributed by atoms with Gasteiger partial charge in [0.1, 0.15) is 5.75 Å². The molecule has 5 heteroatoms. The molecular weight excluding hydrogens is 274 g/mol. The summed E-state index contributed by atoms with van der Waals surface area (Å²) in [6.07, 6.45) is 1.40. The summed E-state index contributed by atoms with van der Waals surface area (Å²) in [4.78, 5) is 0. The highest BCUT2D eigenvalue weighted by Gasteiger charge is 2.08. The SMILES string of the molecule is CC(CCOc1cccc(C(C)C)c1)CCS(N)(=O)=O. The molecule has 1 aromatic rings. The van der Waals surface area contributed by atoms with Gasteiger partial charge in [0.25, 0.3) is 0 Å². The Hall–Kier alpha value is -1.07. The fraction of sp³-hybridized carbons (Fsp3) is 0.600. The van der Waals surface area contributed by atoms with Crippen molar-refractivity contribution in [2.75, 3.05) is 12.4 Å². The first-order valence-corrected chi connectivity index (χ1v) is 8.72. The molecule has 1 rings (SSSR count). The molecule has 4 nitrogen and oxygen atoms in total. The second-order valence-corrected chi connectivity index (χ2v) is 7.36. The summed E-state index contributed by atoms with van der Waals surface area (Å²) >= 11 is 0. The van der Waals surface area contributed by atoms with Gasteiger partial charge in [-0.15, -0.1) is 0 Å². The molecule has 0 aromatic heterocycles. The normalized spacial score (nSPS) is 13.4. The Balaban J connectivity index is 2.35.